The highest BCUT2D eigenvalue weighted by Gasteiger charge is 2.02. The maximum atomic E-state index is 11.2. The van der Waals surface area contributed by atoms with E-state index < -0.39 is 0 Å². The second-order valence-electron chi connectivity index (χ2n) is 2.85. The van der Waals surface area contributed by atoms with Gasteiger partial charge < -0.3 is 4.74 Å². The zero-order valence-corrected chi connectivity index (χ0v) is 8.17. The third kappa shape index (κ3) is 4.69. The first-order valence-corrected chi connectivity index (χ1v) is 4.59. The number of azide groups is 1. The van der Waals surface area contributed by atoms with E-state index in [4.69, 9.17) is 10.3 Å². The number of hydrogen-bond acceptors (Lipinski definition) is 3. The summed E-state index contributed by atoms with van der Waals surface area (Å²) in [6.45, 7) is 0.320. The van der Waals surface area contributed by atoms with E-state index in [0.717, 1.165) is 0 Å². The van der Waals surface area contributed by atoms with Crippen molar-refractivity contribution in [3.63, 3.8) is 0 Å². The molecule has 15 heavy (non-hydrogen) atoms. The minimum absolute atomic E-state index is 0.258. The van der Waals surface area contributed by atoms with E-state index in [9.17, 15) is 4.79 Å². The van der Waals surface area contributed by atoms with Crippen molar-refractivity contribution in [3.05, 3.63) is 40.8 Å². The number of nitrogens with zero attached hydrogens (tertiary/aromatic N) is 3. The molecule has 1 rings (SSSR count). The molecule has 0 saturated heterocycles. The molecule has 0 aliphatic carbocycles. The highest BCUT2D eigenvalue weighted by Crippen LogP contribution is 2.09. The molecule has 0 aliphatic heterocycles. The minimum atomic E-state index is -0.311. The molecular formula is C10H11N3O2. The van der Waals surface area contributed by atoms with Crippen molar-refractivity contribution < 1.29 is 9.53 Å². The molecule has 0 spiro atoms. The van der Waals surface area contributed by atoms with Gasteiger partial charge in [0.1, 0.15) is 5.75 Å². The van der Waals surface area contributed by atoms with Crippen LogP contribution in [0.15, 0.2) is 35.4 Å². The predicted octanol–water partition coefficient (Wildman–Crippen LogP) is 2.68. The van der Waals surface area contributed by atoms with Crippen LogP contribution in [0.25, 0.3) is 10.4 Å². The van der Waals surface area contributed by atoms with Crippen molar-refractivity contribution in [1.82, 2.24) is 0 Å². The van der Waals surface area contributed by atoms with Crippen LogP contribution in [0.1, 0.15) is 12.8 Å². The summed E-state index contributed by atoms with van der Waals surface area (Å²) in [6, 6.07) is 8.86. The first kappa shape index (κ1) is 11.1. The van der Waals surface area contributed by atoms with Crippen LogP contribution < -0.4 is 4.74 Å². The molecule has 0 atom stereocenters. The van der Waals surface area contributed by atoms with E-state index in [1.807, 2.05) is 6.07 Å². The van der Waals surface area contributed by atoms with E-state index in [0.29, 0.717) is 18.7 Å². The number of ether oxygens (including phenoxy) is 1. The number of benzene rings is 1. The van der Waals surface area contributed by atoms with Gasteiger partial charge in [-0.15, -0.1) is 0 Å². The van der Waals surface area contributed by atoms with Crippen molar-refractivity contribution in [2.75, 3.05) is 6.54 Å². The van der Waals surface area contributed by atoms with E-state index in [2.05, 4.69) is 10.0 Å². The van der Waals surface area contributed by atoms with Crippen LogP contribution in [-0.4, -0.2) is 12.5 Å². The summed E-state index contributed by atoms with van der Waals surface area (Å²) in [7, 11) is 0. The van der Waals surface area contributed by atoms with Crippen molar-refractivity contribution in [1.29, 1.82) is 0 Å². The first-order valence-electron chi connectivity index (χ1n) is 4.59. The van der Waals surface area contributed by atoms with Crippen molar-refractivity contribution in [3.8, 4) is 5.75 Å². The van der Waals surface area contributed by atoms with E-state index in [1.165, 1.54) is 0 Å². The maximum absolute atomic E-state index is 11.2. The van der Waals surface area contributed by atoms with E-state index in [-0.39, 0.29) is 12.4 Å². The van der Waals surface area contributed by atoms with Crippen LogP contribution in [0.4, 0.5) is 0 Å². The summed E-state index contributed by atoms with van der Waals surface area (Å²) in [4.78, 5) is 13.8. The lowest BCUT2D eigenvalue weighted by molar-refractivity contribution is -0.134. The van der Waals surface area contributed by atoms with Gasteiger partial charge in [0.15, 0.2) is 0 Å². The second kappa shape index (κ2) is 6.45. The molecular weight excluding hydrogens is 194 g/mol. The third-order valence-electron chi connectivity index (χ3n) is 1.68. The van der Waals surface area contributed by atoms with Gasteiger partial charge in [0.2, 0.25) is 0 Å². The third-order valence-corrected chi connectivity index (χ3v) is 1.68. The fourth-order valence-electron chi connectivity index (χ4n) is 1.01. The summed E-state index contributed by atoms with van der Waals surface area (Å²) in [5.74, 6) is 0.223. The van der Waals surface area contributed by atoms with E-state index >= 15 is 0 Å². The molecule has 5 nitrogen and oxygen atoms in total. The van der Waals surface area contributed by atoms with Gasteiger partial charge in [0.25, 0.3) is 0 Å². The molecule has 0 N–H and O–H groups in total. The molecule has 0 fully saturated rings. The topological polar surface area (TPSA) is 75.1 Å². The molecule has 0 amide bonds. The molecule has 5 heteroatoms. The molecule has 78 valence electrons. The van der Waals surface area contributed by atoms with Crippen molar-refractivity contribution >= 4 is 5.97 Å². The van der Waals surface area contributed by atoms with Gasteiger partial charge in [0.05, 0.1) is 0 Å². The summed E-state index contributed by atoms with van der Waals surface area (Å²) < 4.78 is 5.02. The SMILES string of the molecule is [N-]=[N+]=NCCCC(=O)Oc1ccccc1. The van der Waals surface area contributed by atoms with Crippen LogP contribution in [0.5, 0.6) is 5.75 Å². The number of hydrogen-bond donors (Lipinski definition) is 0. The summed E-state index contributed by atoms with van der Waals surface area (Å²) in [5.41, 5.74) is 8.01. The van der Waals surface area contributed by atoms with Crippen LogP contribution in [0.3, 0.4) is 0 Å². The van der Waals surface area contributed by atoms with Crippen LogP contribution >= 0.6 is 0 Å². The number of para-hydroxylation sites is 1. The Labute approximate surface area is 87.3 Å². The molecule has 0 radical (unpaired) electrons. The normalized spacial score (nSPS) is 9.07. The highest BCUT2D eigenvalue weighted by atomic mass is 16.5. The fourth-order valence-corrected chi connectivity index (χ4v) is 1.01. The average Bonchev–Trinajstić information content (AvgIpc) is 2.26. The summed E-state index contributed by atoms with van der Waals surface area (Å²) in [5, 5.41) is 3.32. The summed E-state index contributed by atoms with van der Waals surface area (Å²) in [6.07, 6.45) is 0.768. The van der Waals surface area contributed by atoms with Gasteiger partial charge in [-0.3, -0.25) is 4.79 Å². The first-order chi connectivity index (χ1) is 7.33. The Morgan fingerprint density at radius 3 is 2.80 bits per heavy atom. The van der Waals surface area contributed by atoms with Gasteiger partial charge in [-0.2, -0.15) is 0 Å². The van der Waals surface area contributed by atoms with Gasteiger partial charge in [0, 0.05) is 17.9 Å². The molecule has 0 saturated carbocycles. The molecule has 1 aromatic rings. The van der Waals surface area contributed by atoms with Crippen LogP contribution in [0.2, 0.25) is 0 Å². The molecule has 0 aromatic heterocycles. The van der Waals surface area contributed by atoms with Gasteiger partial charge in [-0.1, -0.05) is 23.3 Å². The second-order valence-corrected chi connectivity index (χ2v) is 2.85. The fraction of sp³-hybridized carbons (Fsp3) is 0.300. The number of esters is 1. The molecule has 1 aromatic carbocycles. The predicted molar refractivity (Wildman–Crippen MR) is 55.3 cm³/mol. The zero-order valence-electron chi connectivity index (χ0n) is 8.17. The number of rotatable bonds is 5. The van der Waals surface area contributed by atoms with Gasteiger partial charge >= 0.3 is 5.97 Å². The summed E-state index contributed by atoms with van der Waals surface area (Å²) >= 11 is 0. The Hall–Kier alpha value is -2.00. The Bertz CT molecular complexity index is 358. The lowest BCUT2D eigenvalue weighted by atomic mass is 10.3. The van der Waals surface area contributed by atoms with Crippen molar-refractivity contribution in [2.24, 2.45) is 5.11 Å². The lowest BCUT2D eigenvalue weighted by Crippen LogP contribution is -2.07. The monoisotopic (exact) mass is 205 g/mol. The highest BCUT2D eigenvalue weighted by molar-refractivity contribution is 5.72. The number of carbonyl (C=O) groups excluding carboxylic acids is 1. The smallest absolute Gasteiger partial charge is 0.311 e. The van der Waals surface area contributed by atoms with Crippen molar-refractivity contribution in [2.45, 2.75) is 12.8 Å². The molecule has 0 bridgehead atoms. The zero-order chi connectivity index (χ0) is 10.9. The quantitative estimate of drug-likeness (QED) is 0.185. The standard InChI is InChI=1S/C10H11N3O2/c11-13-12-8-4-7-10(14)15-9-5-2-1-3-6-9/h1-3,5-6H,4,7-8H2. The van der Waals surface area contributed by atoms with Crippen LogP contribution in [-0.2, 0) is 4.79 Å². The van der Waals surface area contributed by atoms with Gasteiger partial charge in [-0.05, 0) is 24.1 Å². The number of carbonyl (C=O) groups is 1. The Balaban J connectivity index is 2.27. The van der Waals surface area contributed by atoms with Gasteiger partial charge in [-0.25, -0.2) is 0 Å². The van der Waals surface area contributed by atoms with E-state index in [1.54, 1.807) is 24.3 Å². The lowest BCUT2D eigenvalue weighted by Gasteiger charge is -2.02. The minimum Gasteiger partial charge on any atom is -0.427 e. The molecule has 0 heterocycles. The Kier molecular flexibility index (Phi) is 4.77. The largest absolute Gasteiger partial charge is 0.427 e. The molecule has 0 unspecified atom stereocenters. The van der Waals surface area contributed by atoms with Crippen LogP contribution in [0, 0.1) is 0 Å². The maximum Gasteiger partial charge on any atom is 0.311 e. The Morgan fingerprint density at radius 1 is 1.40 bits per heavy atom. The Morgan fingerprint density at radius 2 is 2.13 bits per heavy atom. The average molecular weight is 205 g/mol. The molecule has 0 aliphatic rings.